The topological polar surface area (TPSA) is 59.4 Å². The van der Waals surface area contributed by atoms with Gasteiger partial charge in [0.15, 0.2) is 0 Å². The van der Waals surface area contributed by atoms with Crippen molar-refractivity contribution in [2.45, 2.75) is 37.3 Å². The molecule has 5 rings (SSSR count). The third-order valence-electron chi connectivity index (χ3n) is 6.45. The van der Waals surface area contributed by atoms with E-state index in [9.17, 15) is 4.79 Å². The fraction of sp³-hybridized carbons (Fsp3) is 0.360. The van der Waals surface area contributed by atoms with Crippen molar-refractivity contribution in [1.29, 1.82) is 0 Å². The zero-order valence-corrected chi connectivity index (χ0v) is 17.8. The summed E-state index contributed by atoms with van der Waals surface area (Å²) in [7, 11) is 2.15. The molecule has 3 heterocycles. The van der Waals surface area contributed by atoms with Crippen LogP contribution in [-0.2, 0) is 11.2 Å². The first-order valence-electron chi connectivity index (χ1n) is 11.0. The van der Waals surface area contributed by atoms with E-state index in [1.807, 2.05) is 54.7 Å². The third-order valence-corrected chi connectivity index (χ3v) is 6.45. The number of carbonyl (C=O) groups is 1. The first-order chi connectivity index (χ1) is 15.1. The first-order valence-corrected chi connectivity index (χ1v) is 11.0. The van der Waals surface area contributed by atoms with Crippen LogP contribution in [0.2, 0.25) is 0 Å². The fourth-order valence-corrected chi connectivity index (χ4v) is 4.68. The minimum absolute atomic E-state index is 0.0115. The van der Waals surface area contributed by atoms with Crippen LogP contribution in [0.25, 0.3) is 5.69 Å². The van der Waals surface area contributed by atoms with Crippen LogP contribution in [0, 0.1) is 0 Å². The first kappa shape index (κ1) is 19.8. The summed E-state index contributed by atoms with van der Waals surface area (Å²) in [6.45, 7) is 2.03. The van der Waals surface area contributed by atoms with Gasteiger partial charge in [-0.2, -0.15) is 5.10 Å². The molecule has 1 aromatic heterocycles. The lowest BCUT2D eigenvalue weighted by Gasteiger charge is -2.46. The molecule has 31 heavy (non-hydrogen) atoms. The number of para-hydroxylation sites is 2. The predicted molar refractivity (Wildman–Crippen MR) is 119 cm³/mol. The quantitative estimate of drug-likeness (QED) is 0.707. The second-order valence-corrected chi connectivity index (χ2v) is 8.76. The van der Waals surface area contributed by atoms with E-state index in [0.29, 0.717) is 6.42 Å². The largest absolute Gasteiger partial charge is 0.487 e. The lowest BCUT2D eigenvalue weighted by Crippen LogP contribution is -2.51. The number of rotatable bonds is 4. The minimum Gasteiger partial charge on any atom is -0.487 e. The SMILES string of the molecule is CN1CCC2(CC1)CC(NC(=O)Cc1cnn(-c3ccccc3)c1)c1ccccc1O2. The maximum absolute atomic E-state index is 13.0. The Kier molecular flexibility index (Phi) is 5.24. The highest BCUT2D eigenvalue weighted by Gasteiger charge is 2.43. The maximum Gasteiger partial charge on any atom is 0.225 e. The lowest BCUT2D eigenvalue weighted by molar-refractivity contribution is -0.122. The molecule has 1 atom stereocenters. The van der Waals surface area contributed by atoms with Gasteiger partial charge in [-0.25, -0.2) is 4.68 Å². The average molecular weight is 417 g/mol. The fourth-order valence-electron chi connectivity index (χ4n) is 4.68. The molecule has 2 aromatic carbocycles. The molecule has 1 saturated heterocycles. The van der Waals surface area contributed by atoms with Crippen LogP contribution < -0.4 is 10.1 Å². The van der Waals surface area contributed by atoms with Gasteiger partial charge < -0.3 is 15.0 Å². The number of piperidine rings is 1. The van der Waals surface area contributed by atoms with E-state index < -0.39 is 0 Å². The number of hydrogen-bond donors (Lipinski definition) is 1. The summed E-state index contributed by atoms with van der Waals surface area (Å²) >= 11 is 0. The smallest absolute Gasteiger partial charge is 0.225 e. The van der Waals surface area contributed by atoms with Gasteiger partial charge in [-0.1, -0.05) is 36.4 Å². The number of likely N-dealkylation sites (tertiary alicyclic amines) is 1. The Morgan fingerprint density at radius 2 is 1.87 bits per heavy atom. The van der Waals surface area contributed by atoms with Crippen LogP contribution >= 0.6 is 0 Å². The van der Waals surface area contributed by atoms with Crippen molar-refractivity contribution in [1.82, 2.24) is 20.0 Å². The van der Waals surface area contributed by atoms with Gasteiger partial charge in [-0.05, 0) is 43.7 Å². The Morgan fingerprint density at radius 3 is 2.68 bits per heavy atom. The zero-order valence-electron chi connectivity index (χ0n) is 17.8. The van der Waals surface area contributed by atoms with Crippen molar-refractivity contribution in [3.8, 4) is 11.4 Å². The number of carbonyl (C=O) groups excluding carboxylic acids is 1. The molecular weight excluding hydrogens is 388 g/mol. The van der Waals surface area contributed by atoms with Gasteiger partial charge in [0, 0.05) is 31.3 Å². The molecule has 1 spiro atoms. The van der Waals surface area contributed by atoms with E-state index in [4.69, 9.17) is 4.74 Å². The van der Waals surface area contributed by atoms with E-state index >= 15 is 0 Å². The number of hydrogen-bond acceptors (Lipinski definition) is 4. The molecule has 6 nitrogen and oxygen atoms in total. The summed E-state index contributed by atoms with van der Waals surface area (Å²) in [5.74, 6) is 0.915. The number of ether oxygens (including phenoxy) is 1. The summed E-state index contributed by atoms with van der Waals surface area (Å²) in [5.41, 5.74) is 2.75. The molecule has 1 fully saturated rings. The molecule has 0 saturated carbocycles. The van der Waals surface area contributed by atoms with Crippen LogP contribution in [0.3, 0.4) is 0 Å². The highest BCUT2D eigenvalue weighted by molar-refractivity contribution is 5.79. The maximum atomic E-state index is 13.0. The Morgan fingerprint density at radius 1 is 1.13 bits per heavy atom. The van der Waals surface area contributed by atoms with E-state index in [0.717, 1.165) is 54.9 Å². The van der Waals surface area contributed by atoms with Crippen molar-refractivity contribution < 1.29 is 9.53 Å². The molecule has 0 radical (unpaired) electrons. The molecule has 1 unspecified atom stereocenters. The second-order valence-electron chi connectivity index (χ2n) is 8.76. The molecular formula is C25H28N4O2. The van der Waals surface area contributed by atoms with Crippen LogP contribution in [0.5, 0.6) is 5.75 Å². The van der Waals surface area contributed by atoms with Crippen molar-refractivity contribution >= 4 is 5.91 Å². The summed E-state index contributed by atoms with van der Waals surface area (Å²) in [4.78, 5) is 15.3. The molecule has 1 amide bonds. The second kappa shape index (κ2) is 8.19. The monoisotopic (exact) mass is 416 g/mol. The van der Waals surface area contributed by atoms with Gasteiger partial charge in [0.25, 0.3) is 0 Å². The van der Waals surface area contributed by atoms with Gasteiger partial charge in [0.1, 0.15) is 11.4 Å². The van der Waals surface area contributed by atoms with Gasteiger partial charge in [0.05, 0.1) is 24.3 Å². The van der Waals surface area contributed by atoms with E-state index in [-0.39, 0.29) is 17.6 Å². The summed E-state index contributed by atoms with van der Waals surface area (Å²) < 4.78 is 8.31. The molecule has 0 aliphatic carbocycles. The van der Waals surface area contributed by atoms with Crippen molar-refractivity contribution in [3.05, 3.63) is 78.1 Å². The van der Waals surface area contributed by atoms with Gasteiger partial charge in [-0.15, -0.1) is 0 Å². The average Bonchev–Trinajstić information content (AvgIpc) is 3.25. The number of benzene rings is 2. The number of fused-ring (bicyclic) bond motifs is 1. The molecule has 6 heteroatoms. The number of nitrogens with one attached hydrogen (secondary N) is 1. The number of nitrogens with zero attached hydrogens (tertiary/aromatic N) is 3. The Labute approximate surface area is 182 Å². The Balaban J connectivity index is 1.30. The highest BCUT2D eigenvalue weighted by atomic mass is 16.5. The van der Waals surface area contributed by atoms with Crippen LogP contribution in [0.1, 0.15) is 36.4 Å². The molecule has 2 aliphatic rings. The van der Waals surface area contributed by atoms with Crippen molar-refractivity contribution in [2.24, 2.45) is 0 Å². The lowest BCUT2D eigenvalue weighted by atomic mass is 9.80. The van der Waals surface area contributed by atoms with E-state index in [2.05, 4.69) is 28.4 Å². The molecule has 2 aliphatic heterocycles. The van der Waals surface area contributed by atoms with Crippen LogP contribution in [0.15, 0.2) is 67.0 Å². The van der Waals surface area contributed by atoms with Crippen LogP contribution in [-0.4, -0.2) is 46.3 Å². The van der Waals surface area contributed by atoms with E-state index in [1.165, 1.54) is 0 Å². The van der Waals surface area contributed by atoms with Gasteiger partial charge >= 0.3 is 0 Å². The Bertz CT molecular complexity index is 1050. The highest BCUT2D eigenvalue weighted by Crippen LogP contribution is 2.44. The molecule has 1 N–H and O–H groups in total. The van der Waals surface area contributed by atoms with Crippen LogP contribution in [0.4, 0.5) is 0 Å². The zero-order chi connectivity index (χ0) is 21.3. The predicted octanol–water partition coefficient (Wildman–Crippen LogP) is 3.52. The molecule has 3 aromatic rings. The van der Waals surface area contributed by atoms with E-state index in [1.54, 1.807) is 10.9 Å². The summed E-state index contributed by atoms with van der Waals surface area (Å²) in [5, 5.41) is 7.70. The van der Waals surface area contributed by atoms with Crippen molar-refractivity contribution in [3.63, 3.8) is 0 Å². The normalized spacial score (nSPS) is 20.1. The minimum atomic E-state index is -0.197. The number of amides is 1. The standard InChI is InChI=1S/C25H28N4O2/c1-28-13-11-25(12-14-28)16-22(21-9-5-6-10-23(21)31-25)27-24(30)15-19-17-26-29(18-19)20-7-3-2-4-8-20/h2-10,17-18,22H,11-16H2,1H3,(H,27,30). The Hall–Kier alpha value is -3.12. The van der Waals surface area contributed by atoms with Gasteiger partial charge in [0.2, 0.25) is 5.91 Å². The third kappa shape index (κ3) is 4.21. The van der Waals surface area contributed by atoms with Gasteiger partial charge in [-0.3, -0.25) is 4.79 Å². The molecule has 160 valence electrons. The van der Waals surface area contributed by atoms with Crippen molar-refractivity contribution in [2.75, 3.05) is 20.1 Å². The molecule has 0 bridgehead atoms. The summed E-state index contributed by atoms with van der Waals surface area (Å²) in [6.07, 6.45) is 6.77. The number of aromatic nitrogens is 2. The summed E-state index contributed by atoms with van der Waals surface area (Å²) in [6, 6.07) is 18.0.